The van der Waals surface area contributed by atoms with Gasteiger partial charge in [-0.3, -0.25) is 4.79 Å². The number of Topliss-reactive ketones (excluding diaryl/α,β-unsaturated/α-hetero) is 1. The summed E-state index contributed by atoms with van der Waals surface area (Å²) in [7, 11) is 0. The molecule has 0 radical (unpaired) electrons. The van der Waals surface area contributed by atoms with Gasteiger partial charge in [0, 0.05) is 12.3 Å². The van der Waals surface area contributed by atoms with E-state index < -0.39 is 23.3 Å². The molecule has 0 aliphatic heterocycles. The summed E-state index contributed by atoms with van der Waals surface area (Å²) < 4.78 is 10.9. The molecule has 0 saturated carbocycles. The molecule has 0 amide bonds. The highest BCUT2D eigenvalue weighted by atomic mass is 16.5. The Kier molecular flexibility index (Phi) is 5.95. The van der Waals surface area contributed by atoms with Gasteiger partial charge in [0.1, 0.15) is 39.6 Å². The van der Waals surface area contributed by atoms with Gasteiger partial charge >= 0.3 is 11.6 Å². The molecule has 3 aromatic carbocycles. The summed E-state index contributed by atoms with van der Waals surface area (Å²) in [5, 5.41) is 21.1. The largest absolute Gasteiger partial charge is 0.507 e. The zero-order chi connectivity index (χ0) is 23.5. The van der Waals surface area contributed by atoms with E-state index in [4.69, 9.17) is 9.15 Å². The molecule has 4 rings (SSSR count). The van der Waals surface area contributed by atoms with Gasteiger partial charge in [-0.2, -0.15) is 0 Å². The third-order valence-corrected chi connectivity index (χ3v) is 5.27. The van der Waals surface area contributed by atoms with Gasteiger partial charge in [0.25, 0.3) is 0 Å². The fourth-order valence-electron chi connectivity index (χ4n) is 3.77. The van der Waals surface area contributed by atoms with Crippen molar-refractivity contribution < 1.29 is 29.0 Å². The monoisotopic (exact) mass is 444 g/mol. The molecule has 1 unspecified atom stereocenters. The van der Waals surface area contributed by atoms with Gasteiger partial charge in [-0.15, -0.1) is 0 Å². The molecule has 1 heterocycles. The van der Waals surface area contributed by atoms with Crippen molar-refractivity contribution in [2.24, 2.45) is 0 Å². The van der Waals surface area contributed by atoms with E-state index in [1.54, 1.807) is 42.5 Å². The van der Waals surface area contributed by atoms with Gasteiger partial charge < -0.3 is 19.4 Å². The van der Waals surface area contributed by atoms with Crippen molar-refractivity contribution in [3.63, 3.8) is 0 Å². The first-order valence-electron chi connectivity index (χ1n) is 10.2. The van der Waals surface area contributed by atoms with E-state index in [1.807, 2.05) is 0 Å². The SMILES string of the molecule is CC(=O)CC(c1ccccc1)c1c(O)c2c(OC(=O)c3ccccc3O)cccc2oc1=O. The van der Waals surface area contributed by atoms with Gasteiger partial charge in [-0.05, 0) is 36.8 Å². The van der Waals surface area contributed by atoms with Crippen LogP contribution in [0.2, 0.25) is 0 Å². The van der Waals surface area contributed by atoms with Crippen molar-refractivity contribution >= 4 is 22.7 Å². The van der Waals surface area contributed by atoms with Gasteiger partial charge in [-0.1, -0.05) is 48.5 Å². The molecule has 33 heavy (non-hydrogen) atoms. The lowest BCUT2D eigenvalue weighted by Crippen LogP contribution is -2.17. The predicted octanol–water partition coefficient (Wildman–Crippen LogP) is 4.53. The number of aromatic hydroxyl groups is 2. The van der Waals surface area contributed by atoms with E-state index in [0.717, 1.165) is 0 Å². The van der Waals surface area contributed by atoms with Crippen molar-refractivity contribution in [3.05, 3.63) is 99.9 Å². The maximum Gasteiger partial charge on any atom is 0.347 e. The van der Waals surface area contributed by atoms with Crippen molar-refractivity contribution in [2.75, 3.05) is 0 Å². The summed E-state index contributed by atoms with van der Waals surface area (Å²) in [6.07, 6.45) is -0.0340. The first kappa shape index (κ1) is 21.8. The van der Waals surface area contributed by atoms with Crippen LogP contribution in [0.4, 0.5) is 0 Å². The molecule has 4 aromatic rings. The second-order valence-corrected chi connectivity index (χ2v) is 7.56. The molecule has 0 saturated heterocycles. The number of benzene rings is 3. The van der Waals surface area contributed by atoms with Crippen LogP contribution in [0.3, 0.4) is 0 Å². The smallest absolute Gasteiger partial charge is 0.347 e. The Morgan fingerprint density at radius 2 is 1.64 bits per heavy atom. The van der Waals surface area contributed by atoms with Gasteiger partial charge in [0.2, 0.25) is 0 Å². The third kappa shape index (κ3) is 4.34. The first-order chi connectivity index (χ1) is 15.9. The standard InChI is InChI=1S/C26H20O7/c1-15(27)14-18(16-8-3-2-4-9-16)22-24(29)23-20(12-7-13-21(23)33-26(22)31)32-25(30)17-10-5-6-11-19(17)28/h2-13,18,28-29H,14H2,1H3. The Morgan fingerprint density at radius 3 is 2.33 bits per heavy atom. The molecule has 166 valence electrons. The van der Waals surface area contributed by atoms with E-state index in [2.05, 4.69) is 0 Å². The molecule has 7 heteroatoms. The number of hydrogen-bond acceptors (Lipinski definition) is 7. The lowest BCUT2D eigenvalue weighted by Gasteiger charge is -2.18. The maximum absolute atomic E-state index is 12.9. The first-order valence-corrected chi connectivity index (χ1v) is 10.2. The number of esters is 1. The number of ether oxygens (including phenoxy) is 1. The minimum Gasteiger partial charge on any atom is -0.507 e. The predicted molar refractivity (Wildman–Crippen MR) is 121 cm³/mol. The lowest BCUT2D eigenvalue weighted by atomic mass is 9.87. The topological polar surface area (TPSA) is 114 Å². The number of fused-ring (bicyclic) bond motifs is 1. The Morgan fingerprint density at radius 1 is 0.939 bits per heavy atom. The van der Waals surface area contributed by atoms with Crippen LogP contribution in [0.15, 0.2) is 82.0 Å². The number of rotatable bonds is 6. The molecule has 0 aliphatic rings. The zero-order valence-electron chi connectivity index (χ0n) is 17.6. The van der Waals surface area contributed by atoms with Crippen molar-refractivity contribution in [1.29, 1.82) is 0 Å². The summed E-state index contributed by atoms with van der Waals surface area (Å²) in [5.74, 6) is -2.54. The Labute approximate surface area is 188 Å². The number of para-hydroxylation sites is 1. The number of ketones is 1. The minimum absolute atomic E-state index is 0.0125. The molecule has 0 fully saturated rings. The van der Waals surface area contributed by atoms with Crippen LogP contribution in [-0.2, 0) is 4.79 Å². The highest BCUT2D eigenvalue weighted by molar-refractivity contribution is 5.98. The lowest BCUT2D eigenvalue weighted by molar-refractivity contribution is -0.117. The Balaban J connectivity index is 1.88. The summed E-state index contributed by atoms with van der Waals surface area (Å²) in [4.78, 5) is 37.5. The average Bonchev–Trinajstić information content (AvgIpc) is 2.79. The normalized spacial score (nSPS) is 11.8. The Hall–Kier alpha value is -4.39. The number of carbonyl (C=O) groups excluding carboxylic acids is 2. The second-order valence-electron chi connectivity index (χ2n) is 7.56. The van der Waals surface area contributed by atoms with Crippen molar-refractivity contribution in [3.8, 4) is 17.2 Å². The van der Waals surface area contributed by atoms with Gasteiger partial charge in [0.15, 0.2) is 0 Å². The molecular weight excluding hydrogens is 424 g/mol. The number of phenols is 1. The highest BCUT2D eigenvalue weighted by Crippen LogP contribution is 2.40. The molecule has 0 spiro atoms. The van der Waals surface area contributed by atoms with Crippen LogP contribution in [0.25, 0.3) is 11.0 Å². The quantitative estimate of drug-likeness (QED) is 0.255. The van der Waals surface area contributed by atoms with Crippen molar-refractivity contribution in [1.82, 2.24) is 0 Å². The van der Waals surface area contributed by atoms with E-state index in [0.29, 0.717) is 5.56 Å². The van der Waals surface area contributed by atoms with E-state index in [-0.39, 0.29) is 45.8 Å². The summed E-state index contributed by atoms with van der Waals surface area (Å²) in [6.45, 7) is 1.40. The fourth-order valence-corrected chi connectivity index (χ4v) is 3.77. The number of phenolic OH excluding ortho intramolecular Hbond substituents is 1. The van der Waals surface area contributed by atoms with E-state index in [9.17, 15) is 24.6 Å². The van der Waals surface area contributed by atoms with Crippen LogP contribution in [-0.4, -0.2) is 22.0 Å². The van der Waals surface area contributed by atoms with Crippen molar-refractivity contribution in [2.45, 2.75) is 19.3 Å². The second kappa shape index (κ2) is 9.00. The average molecular weight is 444 g/mol. The zero-order valence-corrected chi connectivity index (χ0v) is 17.6. The summed E-state index contributed by atoms with van der Waals surface area (Å²) >= 11 is 0. The van der Waals surface area contributed by atoms with E-state index >= 15 is 0 Å². The van der Waals surface area contributed by atoms with Crippen LogP contribution >= 0.6 is 0 Å². The van der Waals surface area contributed by atoms with Crippen LogP contribution in [0.1, 0.15) is 40.7 Å². The molecule has 2 N–H and O–H groups in total. The highest BCUT2D eigenvalue weighted by Gasteiger charge is 2.28. The van der Waals surface area contributed by atoms with Crippen LogP contribution in [0, 0.1) is 0 Å². The van der Waals surface area contributed by atoms with Gasteiger partial charge in [-0.25, -0.2) is 9.59 Å². The summed E-state index contributed by atoms with van der Waals surface area (Å²) in [6, 6.07) is 19.1. The number of carbonyl (C=O) groups is 2. The molecule has 1 aromatic heterocycles. The Bertz CT molecular complexity index is 1400. The molecule has 1 atom stereocenters. The minimum atomic E-state index is -0.851. The van der Waals surface area contributed by atoms with Crippen LogP contribution < -0.4 is 10.4 Å². The number of hydrogen-bond donors (Lipinski definition) is 2. The summed E-state index contributed by atoms with van der Waals surface area (Å²) in [5.41, 5.74) is -0.295. The van der Waals surface area contributed by atoms with E-state index in [1.165, 1.54) is 37.3 Å². The molecule has 0 bridgehead atoms. The molecule has 7 nitrogen and oxygen atoms in total. The molecular formula is C26H20O7. The maximum atomic E-state index is 12.9. The molecule has 0 aliphatic carbocycles. The van der Waals surface area contributed by atoms with Gasteiger partial charge in [0.05, 0.1) is 5.56 Å². The fraction of sp³-hybridized carbons (Fsp3) is 0.115. The third-order valence-electron chi connectivity index (χ3n) is 5.27. The van der Waals surface area contributed by atoms with Crippen LogP contribution in [0.5, 0.6) is 17.2 Å².